The number of carbonyl (C=O) groups excluding carboxylic acids is 2. The number of aliphatic carboxylic acids is 1. The number of hydrogen-bond donors (Lipinski definition) is 3. The third-order valence-corrected chi connectivity index (χ3v) is 11.6. The maximum atomic E-state index is 13.9. The summed E-state index contributed by atoms with van der Waals surface area (Å²) in [5.74, 6) is -2.57. The number of carboxylic acids is 1. The number of sulfonamides is 1. The van der Waals surface area contributed by atoms with E-state index in [1.807, 2.05) is 6.07 Å². The molecule has 49 heavy (non-hydrogen) atoms. The maximum absolute atomic E-state index is 13.9. The number of pyridine rings is 1. The number of nitrogens with zero attached hydrogens (tertiary/aromatic N) is 4. The lowest BCUT2D eigenvalue weighted by Gasteiger charge is -2.39. The molecule has 0 radical (unpaired) electrons. The smallest absolute Gasteiger partial charge is 0.326 e. The molecule has 5 rings (SSSR count). The molecular weight excluding hydrogens is 691 g/mol. The molecule has 0 saturated carbocycles. The van der Waals surface area contributed by atoms with Gasteiger partial charge in [0.15, 0.2) is 0 Å². The first-order chi connectivity index (χ1) is 23.2. The van der Waals surface area contributed by atoms with Crippen LogP contribution in [0, 0.1) is 16.7 Å². The van der Waals surface area contributed by atoms with Crippen LogP contribution in [0.4, 0.5) is 5.69 Å². The van der Waals surface area contributed by atoms with Gasteiger partial charge in [-0.2, -0.15) is 9.57 Å². The van der Waals surface area contributed by atoms with Crippen LogP contribution in [0.1, 0.15) is 54.6 Å². The van der Waals surface area contributed by atoms with Crippen LogP contribution in [0.25, 0.3) is 0 Å². The minimum Gasteiger partial charge on any atom is -0.480 e. The van der Waals surface area contributed by atoms with Crippen LogP contribution in [-0.4, -0.2) is 83.3 Å². The number of nitriles is 1. The average molecular weight is 728 g/mol. The summed E-state index contributed by atoms with van der Waals surface area (Å²) in [5, 5.41) is 24.9. The Morgan fingerprint density at radius 3 is 2.35 bits per heavy atom. The molecule has 3 heterocycles. The molecule has 0 aliphatic carbocycles. The Kier molecular flexibility index (Phi) is 11.0. The summed E-state index contributed by atoms with van der Waals surface area (Å²) in [7, 11) is -4.22. The van der Waals surface area contributed by atoms with E-state index in [4.69, 9.17) is 23.2 Å². The second-order valence-corrected chi connectivity index (χ2v) is 15.8. The van der Waals surface area contributed by atoms with Crippen LogP contribution in [0.3, 0.4) is 0 Å². The Balaban J connectivity index is 1.32. The highest BCUT2D eigenvalue weighted by molar-refractivity contribution is 7.89. The molecule has 15 heteroatoms. The van der Waals surface area contributed by atoms with Gasteiger partial charge in [-0.15, -0.1) is 0 Å². The van der Waals surface area contributed by atoms with Crippen LogP contribution in [0.15, 0.2) is 65.8 Å². The van der Waals surface area contributed by atoms with Gasteiger partial charge in [0.1, 0.15) is 12.1 Å². The molecule has 12 nitrogen and oxygen atoms in total. The van der Waals surface area contributed by atoms with Crippen molar-refractivity contribution in [1.82, 2.24) is 19.5 Å². The molecule has 1 unspecified atom stereocenters. The molecule has 258 valence electrons. The highest BCUT2D eigenvalue weighted by Gasteiger charge is 2.47. The topological polar surface area (TPSA) is 173 Å². The van der Waals surface area contributed by atoms with E-state index in [1.165, 1.54) is 36.7 Å². The summed E-state index contributed by atoms with van der Waals surface area (Å²) < 4.78 is 29.0. The zero-order valence-electron chi connectivity index (χ0n) is 26.9. The first-order valence-electron chi connectivity index (χ1n) is 15.7. The van der Waals surface area contributed by atoms with E-state index in [0.717, 1.165) is 30.2 Å². The summed E-state index contributed by atoms with van der Waals surface area (Å²) in [6.45, 7) is 5.94. The predicted octanol–water partition coefficient (Wildman–Crippen LogP) is 4.58. The molecule has 2 fully saturated rings. The Morgan fingerprint density at radius 1 is 1.08 bits per heavy atom. The van der Waals surface area contributed by atoms with Gasteiger partial charge in [-0.25, -0.2) is 13.2 Å². The zero-order chi connectivity index (χ0) is 35.5. The number of carbonyl (C=O) groups is 3. The fraction of sp³-hybridized carbons (Fsp3) is 0.382. The quantitative estimate of drug-likeness (QED) is 0.270. The normalized spacial score (nSPS) is 20.2. The van der Waals surface area contributed by atoms with Crippen molar-refractivity contribution in [3.8, 4) is 6.07 Å². The van der Waals surface area contributed by atoms with Crippen molar-refractivity contribution < 1.29 is 27.9 Å². The largest absolute Gasteiger partial charge is 0.480 e. The van der Waals surface area contributed by atoms with Crippen molar-refractivity contribution in [3.63, 3.8) is 0 Å². The Morgan fingerprint density at radius 2 is 1.73 bits per heavy atom. The van der Waals surface area contributed by atoms with Crippen molar-refractivity contribution in [1.29, 1.82) is 5.26 Å². The van der Waals surface area contributed by atoms with Crippen molar-refractivity contribution in [2.45, 2.75) is 62.6 Å². The van der Waals surface area contributed by atoms with Crippen LogP contribution in [0.2, 0.25) is 10.0 Å². The number of halogens is 2. The highest BCUT2D eigenvalue weighted by Crippen LogP contribution is 2.35. The number of piperidine rings is 1. The molecule has 2 saturated heterocycles. The van der Waals surface area contributed by atoms with Crippen molar-refractivity contribution >= 4 is 56.7 Å². The van der Waals surface area contributed by atoms with Gasteiger partial charge in [0.25, 0.3) is 5.91 Å². The summed E-state index contributed by atoms with van der Waals surface area (Å²) in [6.07, 6.45) is 4.53. The van der Waals surface area contributed by atoms with Crippen molar-refractivity contribution in [2.75, 3.05) is 25.0 Å². The van der Waals surface area contributed by atoms with E-state index < -0.39 is 39.9 Å². The lowest BCUT2D eigenvalue weighted by atomic mass is 9.82. The van der Waals surface area contributed by atoms with Crippen molar-refractivity contribution in [3.05, 3.63) is 87.7 Å². The first-order valence-corrected chi connectivity index (χ1v) is 17.9. The van der Waals surface area contributed by atoms with E-state index in [1.54, 1.807) is 24.3 Å². The summed E-state index contributed by atoms with van der Waals surface area (Å²) in [4.78, 5) is 44.8. The fourth-order valence-corrected chi connectivity index (χ4v) is 8.38. The van der Waals surface area contributed by atoms with Crippen LogP contribution < -0.4 is 10.6 Å². The number of hydrogen-bond acceptors (Lipinski definition) is 8. The highest BCUT2D eigenvalue weighted by atomic mass is 35.5. The molecule has 2 aliphatic heterocycles. The number of benzene rings is 2. The Labute approximate surface area is 295 Å². The van der Waals surface area contributed by atoms with E-state index >= 15 is 0 Å². The SMILES string of the molecule is CC1(C)CCN(C2C[C@@H](C(=O)N[C@@H](Cc3ccc(NC(=O)c4c(Cl)cncc4Cl)cc3)C(=O)O)N(S(=O)(=O)c3cccc(C#N)c3)C2)CC1. The second-order valence-electron chi connectivity index (χ2n) is 13.1. The number of rotatable bonds is 10. The molecule has 2 aliphatic rings. The standard InChI is InChI=1S/C34H36Cl2N6O6S/c1-34(2)10-12-41(13-11-34)24-16-29(42(20-24)49(47,48)25-5-3-4-22(14-25)17-37)31(43)40-28(33(45)46)15-21-6-8-23(9-7-21)39-32(44)30-26(35)18-38-19-27(30)36/h3-9,14,18-19,24,28-29H,10-13,15-16,20H2,1-2H3,(H,39,44)(H,40,43)(H,45,46)/t24?,28-,29-/m0/s1. The number of aromatic nitrogens is 1. The Hall–Kier alpha value is -4.06. The summed E-state index contributed by atoms with van der Waals surface area (Å²) >= 11 is 12.2. The van der Waals surface area contributed by atoms with Gasteiger partial charge in [0.05, 0.1) is 32.1 Å². The third kappa shape index (κ3) is 8.40. The minimum atomic E-state index is -4.22. The minimum absolute atomic E-state index is 0.0540. The molecule has 3 N–H and O–H groups in total. The van der Waals surface area contributed by atoms with Gasteiger partial charge in [-0.1, -0.05) is 55.2 Å². The fourth-order valence-electron chi connectivity index (χ4n) is 6.16. The molecule has 0 spiro atoms. The molecular formula is C34H36Cl2N6O6S. The number of anilines is 1. The van der Waals surface area contributed by atoms with E-state index in [-0.39, 0.29) is 56.9 Å². The maximum Gasteiger partial charge on any atom is 0.326 e. The number of carboxylic acid groups (broad SMARTS) is 1. The van der Waals surface area contributed by atoms with Gasteiger partial charge in [0.2, 0.25) is 15.9 Å². The number of amides is 2. The monoisotopic (exact) mass is 726 g/mol. The van der Waals surface area contributed by atoms with Gasteiger partial charge in [-0.3, -0.25) is 19.5 Å². The number of likely N-dealkylation sites (tertiary alicyclic amines) is 1. The Bertz CT molecular complexity index is 1870. The van der Waals surface area contributed by atoms with Crippen LogP contribution in [-0.2, 0) is 26.0 Å². The van der Waals surface area contributed by atoms with E-state index in [2.05, 4.69) is 34.4 Å². The van der Waals surface area contributed by atoms with Gasteiger partial charge in [0, 0.05) is 37.1 Å². The molecule has 3 aromatic rings. The third-order valence-electron chi connectivity index (χ3n) is 9.12. The van der Waals surface area contributed by atoms with Crippen molar-refractivity contribution in [2.24, 2.45) is 5.41 Å². The lowest BCUT2D eigenvalue weighted by molar-refractivity contribution is -0.142. The molecule has 2 aromatic carbocycles. The van der Waals surface area contributed by atoms with Crippen LogP contribution >= 0.6 is 23.2 Å². The predicted molar refractivity (Wildman–Crippen MR) is 184 cm³/mol. The first kappa shape index (κ1) is 36.2. The molecule has 0 bridgehead atoms. The van der Waals surface area contributed by atoms with Gasteiger partial charge >= 0.3 is 5.97 Å². The average Bonchev–Trinajstić information content (AvgIpc) is 3.52. The zero-order valence-corrected chi connectivity index (χ0v) is 29.2. The van der Waals surface area contributed by atoms with Gasteiger partial charge in [-0.05, 0) is 73.7 Å². The summed E-state index contributed by atoms with van der Waals surface area (Å²) in [6, 6.07) is 11.1. The molecule has 3 atom stereocenters. The molecule has 2 amide bonds. The number of nitrogens with one attached hydrogen (secondary N) is 2. The lowest BCUT2D eigenvalue weighted by Crippen LogP contribution is -2.51. The summed E-state index contributed by atoms with van der Waals surface area (Å²) in [5.41, 5.74) is 1.33. The molecule has 1 aromatic heterocycles. The second kappa shape index (κ2) is 14.8. The van der Waals surface area contributed by atoms with Crippen LogP contribution in [0.5, 0.6) is 0 Å². The van der Waals surface area contributed by atoms with E-state index in [9.17, 15) is 33.2 Å². The van der Waals surface area contributed by atoms with Gasteiger partial charge < -0.3 is 15.7 Å². The van der Waals surface area contributed by atoms with E-state index in [0.29, 0.717) is 11.3 Å².